The van der Waals surface area contributed by atoms with Gasteiger partial charge in [-0.2, -0.15) is 0 Å². The second-order valence-corrected chi connectivity index (χ2v) is 5.86. The number of carbonyl (C=O) groups is 1. The summed E-state index contributed by atoms with van der Waals surface area (Å²) in [4.78, 5) is 12.4. The molecule has 1 heterocycles. The lowest BCUT2D eigenvalue weighted by molar-refractivity contribution is 0.0823. The zero-order valence-corrected chi connectivity index (χ0v) is 12.8. The number of aliphatic hydroxyl groups excluding tert-OH is 1. The van der Waals surface area contributed by atoms with Crippen LogP contribution in [0.1, 0.15) is 27.7 Å². The lowest BCUT2D eigenvalue weighted by Crippen LogP contribution is -2.33. The Balaban J connectivity index is 1.54. The molecule has 1 aromatic heterocycles. The predicted octanol–water partition coefficient (Wildman–Crippen LogP) is 2.73. The average molecular weight is 320 g/mol. The van der Waals surface area contributed by atoms with Gasteiger partial charge in [0.05, 0.1) is 12.1 Å². The Hall–Kier alpha value is -2.92. The highest BCUT2D eigenvalue weighted by Gasteiger charge is 2.32. The van der Waals surface area contributed by atoms with E-state index in [1.54, 1.807) is 6.07 Å². The van der Waals surface area contributed by atoms with E-state index in [1.165, 1.54) is 0 Å². The van der Waals surface area contributed by atoms with Gasteiger partial charge in [0.1, 0.15) is 5.69 Å². The van der Waals surface area contributed by atoms with Crippen LogP contribution in [0.25, 0.3) is 11.3 Å². The predicted molar refractivity (Wildman–Crippen MR) is 88.3 cm³/mol. The summed E-state index contributed by atoms with van der Waals surface area (Å²) >= 11 is 0. The highest BCUT2D eigenvalue weighted by molar-refractivity contribution is 5.92. The van der Waals surface area contributed by atoms with E-state index in [0.29, 0.717) is 12.1 Å². The SMILES string of the molecule is O=C(NC1c2ccccc2CC1O)c1cc(-c2ccccc2)no1. The maximum Gasteiger partial charge on any atom is 0.290 e. The van der Waals surface area contributed by atoms with Crippen LogP contribution in [0.5, 0.6) is 0 Å². The van der Waals surface area contributed by atoms with Gasteiger partial charge in [0.15, 0.2) is 0 Å². The number of carbonyl (C=O) groups excluding carboxylic acids is 1. The third-order valence-electron chi connectivity index (χ3n) is 4.29. The third kappa shape index (κ3) is 2.59. The van der Waals surface area contributed by atoms with E-state index in [9.17, 15) is 9.90 Å². The molecule has 3 aromatic rings. The molecule has 0 aliphatic heterocycles. The number of rotatable bonds is 3. The Morgan fingerprint density at radius 1 is 1.12 bits per heavy atom. The maximum atomic E-state index is 12.4. The molecule has 4 rings (SSSR count). The first-order chi connectivity index (χ1) is 11.7. The molecule has 0 bridgehead atoms. The Labute approximate surface area is 138 Å². The van der Waals surface area contributed by atoms with Crippen molar-refractivity contribution < 1.29 is 14.4 Å². The standard InChI is InChI=1S/C19H16N2O3/c22-16-10-13-8-4-5-9-14(13)18(16)20-19(23)17-11-15(21-24-17)12-6-2-1-3-7-12/h1-9,11,16,18,22H,10H2,(H,20,23). The molecule has 0 fully saturated rings. The van der Waals surface area contributed by atoms with Crippen LogP contribution in [0.2, 0.25) is 0 Å². The number of benzene rings is 2. The van der Waals surface area contributed by atoms with Crippen molar-refractivity contribution in [1.29, 1.82) is 0 Å². The van der Waals surface area contributed by atoms with E-state index in [1.807, 2.05) is 54.6 Å². The van der Waals surface area contributed by atoms with E-state index < -0.39 is 12.1 Å². The van der Waals surface area contributed by atoms with Gasteiger partial charge in [-0.3, -0.25) is 4.79 Å². The zero-order chi connectivity index (χ0) is 16.5. The third-order valence-corrected chi connectivity index (χ3v) is 4.29. The Morgan fingerprint density at radius 3 is 2.71 bits per heavy atom. The summed E-state index contributed by atoms with van der Waals surface area (Å²) in [7, 11) is 0. The number of nitrogens with zero attached hydrogens (tertiary/aromatic N) is 1. The second-order valence-electron chi connectivity index (χ2n) is 5.86. The molecule has 0 radical (unpaired) electrons. The van der Waals surface area contributed by atoms with Crippen molar-refractivity contribution in [3.63, 3.8) is 0 Å². The van der Waals surface area contributed by atoms with Gasteiger partial charge in [0, 0.05) is 18.1 Å². The van der Waals surface area contributed by atoms with Crippen LogP contribution < -0.4 is 5.32 Å². The van der Waals surface area contributed by atoms with Crippen molar-refractivity contribution >= 4 is 5.91 Å². The fraction of sp³-hybridized carbons (Fsp3) is 0.158. The highest BCUT2D eigenvalue weighted by atomic mass is 16.5. The van der Waals surface area contributed by atoms with Crippen LogP contribution in [0.4, 0.5) is 0 Å². The zero-order valence-electron chi connectivity index (χ0n) is 12.8. The number of fused-ring (bicyclic) bond motifs is 1. The van der Waals surface area contributed by atoms with Crippen LogP contribution in [0, 0.1) is 0 Å². The monoisotopic (exact) mass is 320 g/mol. The quantitative estimate of drug-likeness (QED) is 0.778. The first kappa shape index (κ1) is 14.7. The molecule has 1 aliphatic rings. The summed E-state index contributed by atoms with van der Waals surface area (Å²) in [5.74, 6) is -0.254. The summed E-state index contributed by atoms with van der Waals surface area (Å²) in [6.07, 6.45) is -0.102. The van der Waals surface area contributed by atoms with Crippen molar-refractivity contribution in [2.24, 2.45) is 0 Å². The van der Waals surface area contributed by atoms with Gasteiger partial charge in [-0.25, -0.2) is 0 Å². The summed E-state index contributed by atoms with van der Waals surface area (Å²) in [6.45, 7) is 0. The van der Waals surface area contributed by atoms with E-state index in [0.717, 1.165) is 16.7 Å². The van der Waals surface area contributed by atoms with E-state index >= 15 is 0 Å². The molecule has 24 heavy (non-hydrogen) atoms. The number of hydrogen-bond acceptors (Lipinski definition) is 4. The van der Waals surface area contributed by atoms with Crippen molar-refractivity contribution in [1.82, 2.24) is 10.5 Å². The van der Waals surface area contributed by atoms with Crippen LogP contribution in [-0.2, 0) is 6.42 Å². The van der Waals surface area contributed by atoms with Crippen molar-refractivity contribution in [3.8, 4) is 11.3 Å². The molecule has 2 unspecified atom stereocenters. The van der Waals surface area contributed by atoms with E-state index in [-0.39, 0.29) is 11.7 Å². The summed E-state index contributed by atoms with van der Waals surface area (Å²) in [5, 5.41) is 17.0. The molecule has 2 N–H and O–H groups in total. The number of nitrogens with one attached hydrogen (secondary N) is 1. The molecule has 120 valence electrons. The van der Waals surface area contributed by atoms with Crippen molar-refractivity contribution in [2.75, 3.05) is 0 Å². The van der Waals surface area contributed by atoms with Gasteiger partial charge < -0.3 is 14.9 Å². The molecule has 2 aromatic carbocycles. The van der Waals surface area contributed by atoms with Gasteiger partial charge in [-0.15, -0.1) is 0 Å². The number of amides is 1. The Morgan fingerprint density at radius 2 is 1.88 bits per heavy atom. The van der Waals surface area contributed by atoms with Gasteiger partial charge >= 0.3 is 0 Å². The highest BCUT2D eigenvalue weighted by Crippen LogP contribution is 2.31. The molecule has 0 saturated carbocycles. The molecule has 1 amide bonds. The maximum absolute atomic E-state index is 12.4. The summed E-state index contributed by atoms with van der Waals surface area (Å²) < 4.78 is 5.17. The van der Waals surface area contributed by atoms with Crippen molar-refractivity contribution in [2.45, 2.75) is 18.6 Å². The Bertz CT molecular complexity index is 873. The normalized spacial score (nSPS) is 19.0. The van der Waals surface area contributed by atoms with Gasteiger partial charge in [0.25, 0.3) is 5.91 Å². The van der Waals surface area contributed by atoms with Crippen molar-refractivity contribution in [3.05, 3.63) is 77.6 Å². The van der Waals surface area contributed by atoms with Gasteiger partial charge in [-0.1, -0.05) is 59.8 Å². The molecular weight excluding hydrogens is 304 g/mol. The van der Waals surface area contributed by atoms with E-state index in [4.69, 9.17) is 4.52 Å². The van der Waals surface area contributed by atoms with Gasteiger partial charge in [-0.05, 0) is 11.1 Å². The smallest absolute Gasteiger partial charge is 0.290 e. The Kier molecular flexibility index (Phi) is 3.63. The van der Waals surface area contributed by atoms with Crippen LogP contribution in [0.3, 0.4) is 0 Å². The molecule has 0 saturated heterocycles. The molecule has 5 nitrogen and oxygen atoms in total. The molecule has 1 aliphatic carbocycles. The number of aliphatic hydroxyl groups is 1. The largest absolute Gasteiger partial charge is 0.390 e. The molecule has 0 spiro atoms. The first-order valence-corrected chi connectivity index (χ1v) is 7.81. The van der Waals surface area contributed by atoms with Crippen LogP contribution in [0.15, 0.2) is 65.2 Å². The van der Waals surface area contributed by atoms with Crippen LogP contribution in [-0.4, -0.2) is 22.3 Å². The summed E-state index contributed by atoms with van der Waals surface area (Å²) in [6, 6.07) is 18.4. The minimum atomic E-state index is -0.636. The average Bonchev–Trinajstić information content (AvgIpc) is 3.21. The number of aromatic nitrogens is 1. The van der Waals surface area contributed by atoms with Crippen LogP contribution >= 0.6 is 0 Å². The lowest BCUT2D eigenvalue weighted by atomic mass is 10.1. The lowest BCUT2D eigenvalue weighted by Gasteiger charge is -2.16. The fourth-order valence-corrected chi connectivity index (χ4v) is 3.09. The second kappa shape index (κ2) is 5.94. The first-order valence-electron chi connectivity index (χ1n) is 7.81. The summed E-state index contributed by atoms with van der Waals surface area (Å²) in [5.41, 5.74) is 3.48. The topological polar surface area (TPSA) is 75.4 Å². The molecule has 5 heteroatoms. The van der Waals surface area contributed by atoms with Gasteiger partial charge in [0.2, 0.25) is 5.76 Å². The molecular formula is C19H16N2O3. The molecule has 2 atom stereocenters. The minimum absolute atomic E-state index is 0.130. The number of hydrogen-bond donors (Lipinski definition) is 2. The van der Waals surface area contributed by atoms with E-state index in [2.05, 4.69) is 10.5 Å². The minimum Gasteiger partial charge on any atom is -0.390 e. The fourth-order valence-electron chi connectivity index (χ4n) is 3.09.